The Morgan fingerprint density at radius 1 is 0.400 bits per heavy atom. The maximum atomic E-state index is 12.7. The Morgan fingerprint density at radius 3 is 1.11 bits per heavy atom. The van der Waals surface area contributed by atoms with Crippen LogP contribution in [0.5, 0.6) is 23.0 Å². The first-order chi connectivity index (χ1) is 31.9. The summed E-state index contributed by atoms with van der Waals surface area (Å²) in [6, 6.07) is 45.1. The topological polar surface area (TPSA) is 95.8 Å². The van der Waals surface area contributed by atoms with Crippen molar-refractivity contribution >= 4 is 35.7 Å². The Balaban J connectivity index is 0.885. The van der Waals surface area contributed by atoms with Gasteiger partial charge < -0.3 is 18.9 Å². The molecule has 8 nitrogen and oxygen atoms in total. The second-order valence-corrected chi connectivity index (χ2v) is 16.2. The molecule has 0 aliphatic heterocycles. The molecule has 0 aliphatic carbocycles. The quantitative estimate of drug-likeness (QED) is 0.0233. The lowest BCUT2D eigenvalue weighted by Crippen LogP contribution is -2.08. The molecule has 0 unspecified atom stereocenters. The van der Waals surface area contributed by atoms with E-state index in [2.05, 4.69) is 48.1 Å². The third-order valence-corrected chi connectivity index (χ3v) is 10.9. The van der Waals surface area contributed by atoms with Crippen LogP contribution in [0.25, 0.3) is 0 Å². The van der Waals surface area contributed by atoms with Crippen LogP contribution in [0.1, 0.15) is 134 Å². The van der Waals surface area contributed by atoms with Crippen LogP contribution in [0.4, 0.5) is 11.4 Å². The molecule has 0 fully saturated rings. The summed E-state index contributed by atoms with van der Waals surface area (Å²) in [6.07, 6.45) is 18.9. The molecular weight excluding hydrogens is 809 g/mol. The van der Waals surface area contributed by atoms with Crippen molar-refractivity contribution in [2.24, 2.45) is 9.98 Å². The van der Waals surface area contributed by atoms with Crippen LogP contribution in [0.15, 0.2) is 156 Å². The smallest absolute Gasteiger partial charge is 0.343 e. The van der Waals surface area contributed by atoms with Gasteiger partial charge in [0.15, 0.2) is 0 Å². The van der Waals surface area contributed by atoms with Gasteiger partial charge in [-0.3, -0.25) is 9.98 Å². The largest absolute Gasteiger partial charge is 0.494 e. The zero-order valence-corrected chi connectivity index (χ0v) is 38.0. The van der Waals surface area contributed by atoms with E-state index < -0.39 is 11.9 Å². The number of benzene rings is 6. The van der Waals surface area contributed by atoms with Crippen molar-refractivity contribution in [3.8, 4) is 23.0 Å². The minimum absolute atomic E-state index is 0.415. The van der Waals surface area contributed by atoms with Gasteiger partial charge in [-0.15, -0.1) is 0 Å². The van der Waals surface area contributed by atoms with Crippen LogP contribution in [0, 0.1) is 0 Å². The highest BCUT2D eigenvalue weighted by Gasteiger charge is 2.11. The van der Waals surface area contributed by atoms with Crippen molar-refractivity contribution in [1.29, 1.82) is 0 Å². The number of nitrogens with zero attached hydrogens (tertiary/aromatic N) is 2. The summed E-state index contributed by atoms with van der Waals surface area (Å²) >= 11 is 0. The molecule has 0 spiro atoms. The summed E-state index contributed by atoms with van der Waals surface area (Å²) in [6.45, 7) is 5.81. The Morgan fingerprint density at radius 2 is 0.738 bits per heavy atom. The summed E-state index contributed by atoms with van der Waals surface area (Å²) in [5.74, 6) is 1.62. The van der Waals surface area contributed by atoms with Crippen LogP contribution in [0.3, 0.4) is 0 Å². The number of ether oxygens (including phenoxy) is 4. The second-order valence-electron chi connectivity index (χ2n) is 16.2. The molecule has 0 heterocycles. The van der Waals surface area contributed by atoms with E-state index >= 15 is 0 Å². The van der Waals surface area contributed by atoms with Crippen LogP contribution < -0.4 is 18.9 Å². The minimum Gasteiger partial charge on any atom is -0.494 e. The molecule has 0 saturated carbocycles. The number of unbranched alkanes of at least 4 members (excludes halogenated alkanes) is 10. The molecule has 0 amide bonds. The van der Waals surface area contributed by atoms with Crippen LogP contribution in [0.2, 0.25) is 0 Å². The summed E-state index contributed by atoms with van der Waals surface area (Å²) in [5, 5.41) is 0. The van der Waals surface area contributed by atoms with Crippen molar-refractivity contribution in [2.75, 3.05) is 13.2 Å². The van der Waals surface area contributed by atoms with Gasteiger partial charge in [-0.2, -0.15) is 0 Å². The molecule has 6 rings (SSSR count). The number of carbonyl (C=O) groups excluding carboxylic acids is 2. The molecular formula is C57H62N2O6. The summed E-state index contributed by atoms with van der Waals surface area (Å²) in [7, 11) is 0. The van der Waals surface area contributed by atoms with E-state index in [1.165, 1.54) is 75.3 Å². The van der Waals surface area contributed by atoms with Gasteiger partial charge in [-0.1, -0.05) is 102 Å². The third kappa shape index (κ3) is 17.0. The van der Waals surface area contributed by atoms with Crippen molar-refractivity contribution in [1.82, 2.24) is 0 Å². The predicted octanol–water partition coefficient (Wildman–Crippen LogP) is 14.7. The van der Waals surface area contributed by atoms with Gasteiger partial charge in [0.25, 0.3) is 0 Å². The molecule has 6 aromatic carbocycles. The maximum Gasteiger partial charge on any atom is 0.343 e. The molecule has 336 valence electrons. The number of carbonyl (C=O) groups is 2. The molecule has 65 heavy (non-hydrogen) atoms. The van der Waals surface area contributed by atoms with E-state index in [4.69, 9.17) is 18.9 Å². The van der Waals surface area contributed by atoms with Crippen molar-refractivity contribution in [3.63, 3.8) is 0 Å². The molecule has 0 N–H and O–H groups in total. The normalized spacial score (nSPS) is 11.2. The zero-order valence-electron chi connectivity index (χ0n) is 38.0. The van der Waals surface area contributed by atoms with Gasteiger partial charge in [0, 0.05) is 12.4 Å². The van der Waals surface area contributed by atoms with E-state index in [1.807, 2.05) is 72.8 Å². The Kier molecular flexibility index (Phi) is 19.6. The number of esters is 2. The first kappa shape index (κ1) is 47.7. The van der Waals surface area contributed by atoms with Crippen LogP contribution in [-0.4, -0.2) is 37.6 Å². The lowest BCUT2D eigenvalue weighted by atomic mass is 10.0. The maximum absolute atomic E-state index is 12.7. The highest BCUT2D eigenvalue weighted by Crippen LogP contribution is 2.22. The fourth-order valence-corrected chi connectivity index (χ4v) is 7.03. The Bertz CT molecular complexity index is 2200. The summed E-state index contributed by atoms with van der Waals surface area (Å²) in [5.41, 5.74) is 6.75. The van der Waals surface area contributed by atoms with E-state index in [1.54, 1.807) is 61.0 Å². The van der Waals surface area contributed by atoms with E-state index in [0.717, 1.165) is 53.3 Å². The molecule has 0 atom stereocenters. The van der Waals surface area contributed by atoms with Crippen molar-refractivity contribution < 1.29 is 28.5 Å². The predicted molar refractivity (Wildman–Crippen MR) is 264 cm³/mol. The van der Waals surface area contributed by atoms with Crippen molar-refractivity contribution in [3.05, 3.63) is 179 Å². The molecule has 0 aliphatic rings. The SMILES string of the molecule is CCCCCCCCOc1ccc(C(=O)Oc2ccc(C=Nc3ccc(Cc4ccc(N=Cc5ccc(OC(=O)c6ccc(OCCCCCCCC)cc6)cc5)cc4)cc3)cc2)cc1. The van der Waals surface area contributed by atoms with Gasteiger partial charge >= 0.3 is 11.9 Å². The molecule has 0 aromatic heterocycles. The molecule has 0 radical (unpaired) electrons. The molecule has 0 bridgehead atoms. The minimum atomic E-state index is -0.415. The monoisotopic (exact) mass is 870 g/mol. The fourth-order valence-electron chi connectivity index (χ4n) is 7.03. The van der Waals surface area contributed by atoms with Gasteiger partial charge in [-0.05, 0) is 163 Å². The number of hydrogen-bond donors (Lipinski definition) is 0. The molecule has 6 aromatic rings. The highest BCUT2D eigenvalue weighted by atomic mass is 16.5. The van der Waals surface area contributed by atoms with Crippen LogP contribution in [-0.2, 0) is 6.42 Å². The van der Waals surface area contributed by atoms with Gasteiger partial charge in [0.05, 0.1) is 35.7 Å². The zero-order chi connectivity index (χ0) is 45.3. The van der Waals surface area contributed by atoms with Crippen molar-refractivity contribution in [2.45, 2.75) is 97.3 Å². The average Bonchev–Trinajstić information content (AvgIpc) is 3.34. The number of hydrogen-bond acceptors (Lipinski definition) is 8. The lowest BCUT2D eigenvalue weighted by molar-refractivity contribution is 0.0725. The first-order valence-electron chi connectivity index (χ1n) is 23.3. The second kappa shape index (κ2) is 26.7. The van der Waals surface area contributed by atoms with E-state index in [9.17, 15) is 9.59 Å². The molecule has 8 heteroatoms. The number of aliphatic imine (C=N–C) groups is 2. The van der Waals surface area contributed by atoms with Gasteiger partial charge in [0.1, 0.15) is 23.0 Å². The first-order valence-corrected chi connectivity index (χ1v) is 23.3. The Hall–Kier alpha value is -6.80. The van der Waals surface area contributed by atoms with Crippen LogP contribution >= 0.6 is 0 Å². The lowest BCUT2D eigenvalue weighted by Gasteiger charge is -2.08. The fraction of sp³-hybridized carbons (Fsp3) is 0.298. The average molecular weight is 871 g/mol. The highest BCUT2D eigenvalue weighted by molar-refractivity contribution is 5.92. The molecule has 0 saturated heterocycles. The standard InChI is InChI=1S/C57H62N2O6/c1-3-5-7-9-11-13-39-62-52-35-23-48(24-36-52)56(60)64-54-31-19-46(20-32-54)42-58-50-27-15-44(16-28-50)41-45-17-29-51(30-18-45)59-43-47-21-33-55(34-22-47)65-57(61)49-25-37-53(38-26-49)63-40-14-12-10-8-6-4-2/h15-38,42-43H,3-14,39-41H2,1-2H3. The van der Waals surface area contributed by atoms with E-state index in [-0.39, 0.29) is 0 Å². The summed E-state index contributed by atoms with van der Waals surface area (Å²) in [4.78, 5) is 34.7. The van der Waals surface area contributed by atoms with Gasteiger partial charge in [0.2, 0.25) is 0 Å². The van der Waals surface area contributed by atoms with E-state index in [0.29, 0.717) is 35.8 Å². The Labute approximate surface area is 385 Å². The summed E-state index contributed by atoms with van der Waals surface area (Å²) < 4.78 is 22.9. The third-order valence-electron chi connectivity index (χ3n) is 10.9. The number of rotatable bonds is 26. The van der Waals surface area contributed by atoms with Gasteiger partial charge in [-0.25, -0.2) is 9.59 Å².